The molecule has 1 unspecified atom stereocenters. The lowest BCUT2D eigenvalue weighted by Crippen LogP contribution is -2.55. The third kappa shape index (κ3) is 2.30. The van der Waals surface area contributed by atoms with Crippen LogP contribution in [0.5, 0.6) is 0 Å². The van der Waals surface area contributed by atoms with E-state index in [9.17, 15) is 0 Å². The Hall–Kier alpha value is -0.820. The van der Waals surface area contributed by atoms with Gasteiger partial charge in [0, 0.05) is 5.54 Å². The van der Waals surface area contributed by atoms with Gasteiger partial charge in [-0.15, -0.1) is 0 Å². The maximum atomic E-state index is 3.66. The molecule has 1 aliphatic rings. The van der Waals surface area contributed by atoms with Crippen molar-refractivity contribution >= 4 is 0 Å². The molecule has 0 bridgehead atoms. The lowest BCUT2D eigenvalue weighted by molar-refractivity contribution is 0.132. The Balaban J connectivity index is 2.28. The highest BCUT2D eigenvalue weighted by molar-refractivity contribution is 5.31. The van der Waals surface area contributed by atoms with E-state index < -0.39 is 0 Å². The molecule has 1 aromatic rings. The van der Waals surface area contributed by atoms with E-state index >= 15 is 0 Å². The number of hydrogen-bond acceptors (Lipinski definition) is 1. The van der Waals surface area contributed by atoms with Gasteiger partial charge >= 0.3 is 0 Å². The van der Waals surface area contributed by atoms with Crippen molar-refractivity contribution in [1.29, 1.82) is 0 Å². The van der Waals surface area contributed by atoms with Crippen LogP contribution in [-0.4, -0.2) is 6.54 Å². The quantitative estimate of drug-likeness (QED) is 0.798. The maximum Gasteiger partial charge on any atom is 0.0451 e. The Morgan fingerprint density at radius 1 is 1.31 bits per heavy atom. The van der Waals surface area contributed by atoms with E-state index in [-0.39, 0.29) is 5.54 Å². The van der Waals surface area contributed by atoms with Crippen molar-refractivity contribution in [2.75, 3.05) is 6.54 Å². The van der Waals surface area contributed by atoms with Crippen LogP contribution in [0.3, 0.4) is 0 Å². The molecular weight excluding hydrogens is 194 g/mol. The van der Waals surface area contributed by atoms with Crippen LogP contribution in [0, 0.1) is 12.3 Å². The van der Waals surface area contributed by atoms with Crippen LogP contribution in [0.2, 0.25) is 0 Å². The van der Waals surface area contributed by atoms with Crippen LogP contribution >= 0.6 is 0 Å². The molecule has 0 spiro atoms. The van der Waals surface area contributed by atoms with Crippen molar-refractivity contribution in [2.45, 2.75) is 46.1 Å². The highest BCUT2D eigenvalue weighted by atomic mass is 15.0. The Kier molecular flexibility index (Phi) is 2.83. The van der Waals surface area contributed by atoms with Gasteiger partial charge in [-0.25, -0.2) is 0 Å². The molecule has 2 rings (SSSR count). The zero-order valence-electron chi connectivity index (χ0n) is 10.9. The van der Waals surface area contributed by atoms with Gasteiger partial charge < -0.3 is 5.32 Å². The molecule has 1 saturated heterocycles. The van der Waals surface area contributed by atoms with E-state index in [0.29, 0.717) is 5.41 Å². The van der Waals surface area contributed by atoms with Gasteiger partial charge in [-0.3, -0.25) is 0 Å². The van der Waals surface area contributed by atoms with Crippen LogP contribution < -0.4 is 5.32 Å². The molecule has 0 amide bonds. The summed E-state index contributed by atoms with van der Waals surface area (Å²) >= 11 is 0. The first-order chi connectivity index (χ1) is 7.41. The Bertz CT molecular complexity index is 369. The first-order valence-corrected chi connectivity index (χ1v) is 6.24. The summed E-state index contributed by atoms with van der Waals surface area (Å²) in [6.45, 7) is 10.3. The average Bonchev–Trinajstić information content (AvgIpc) is 2.10. The monoisotopic (exact) mass is 217 g/mol. The van der Waals surface area contributed by atoms with E-state index in [2.05, 4.69) is 57.3 Å². The molecule has 1 N–H and O–H groups in total. The first-order valence-electron chi connectivity index (χ1n) is 6.24. The Morgan fingerprint density at radius 2 is 2.00 bits per heavy atom. The molecule has 16 heavy (non-hydrogen) atoms. The van der Waals surface area contributed by atoms with Crippen molar-refractivity contribution in [3.8, 4) is 0 Å². The second-order valence-corrected chi connectivity index (χ2v) is 6.37. The minimum Gasteiger partial charge on any atom is -0.307 e. The topological polar surface area (TPSA) is 12.0 Å². The Morgan fingerprint density at radius 3 is 2.44 bits per heavy atom. The lowest BCUT2D eigenvalue weighted by Gasteiger charge is -2.47. The van der Waals surface area contributed by atoms with E-state index in [4.69, 9.17) is 0 Å². The molecule has 0 aromatic heterocycles. The average molecular weight is 217 g/mol. The number of hydrogen-bond donors (Lipinski definition) is 1. The van der Waals surface area contributed by atoms with Gasteiger partial charge in [0.1, 0.15) is 0 Å². The lowest BCUT2D eigenvalue weighted by atomic mass is 9.70. The molecular formula is C15H23N. The van der Waals surface area contributed by atoms with Crippen molar-refractivity contribution < 1.29 is 0 Å². The van der Waals surface area contributed by atoms with Crippen molar-refractivity contribution in [3.63, 3.8) is 0 Å². The summed E-state index contributed by atoms with van der Waals surface area (Å²) in [4.78, 5) is 0. The third-order valence-electron chi connectivity index (χ3n) is 3.42. The van der Waals surface area contributed by atoms with Crippen LogP contribution in [-0.2, 0) is 5.54 Å². The van der Waals surface area contributed by atoms with Gasteiger partial charge in [0.25, 0.3) is 0 Å². The van der Waals surface area contributed by atoms with E-state index in [0.717, 1.165) is 6.54 Å². The van der Waals surface area contributed by atoms with Crippen molar-refractivity contribution in [2.24, 2.45) is 5.41 Å². The molecule has 0 aliphatic carbocycles. The fraction of sp³-hybridized carbons (Fsp3) is 0.600. The molecule has 88 valence electrons. The molecule has 1 aliphatic heterocycles. The summed E-state index contributed by atoms with van der Waals surface area (Å²) in [7, 11) is 0. The third-order valence-corrected chi connectivity index (χ3v) is 3.42. The summed E-state index contributed by atoms with van der Waals surface area (Å²) in [5, 5.41) is 3.66. The zero-order chi connectivity index (χ0) is 11.8. The predicted octanol–water partition coefficient (Wildman–Crippen LogP) is 3.62. The van der Waals surface area contributed by atoms with Gasteiger partial charge in [-0.1, -0.05) is 50.6 Å². The highest BCUT2D eigenvalue weighted by Gasteiger charge is 2.40. The van der Waals surface area contributed by atoms with Gasteiger partial charge in [0.2, 0.25) is 0 Å². The normalized spacial score (nSPS) is 25.2. The van der Waals surface area contributed by atoms with E-state index in [1.54, 1.807) is 0 Å². The number of rotatable bonds is 2. The predicted molar refractivity (Wildman–Crippen MR) is 69.5 cm³/mol. The van der Waals surface area contributed by atoms with Gasteiger partial charge in [-0.05, 0) is 37.3 Å². The maximum absolute atomic E-state index is 3.66. The molecule has 1 fully saturated rings. The fourth-order valence-electron chi connectivity index (χ4n) is 2.77. The second kappa shape index (κ2) is 3.89. The first kappa shape index (κ1) is 11.7. The molecule has 1 nitrogen and oxygen atoms in total. The van der Waals surface area contributed by atoms with Crippen molar-refractivity contribution in [1.82, 2.24) is 5.32 Å². The second-order valence-electron chi connectivity index (χ2n) is 6.37. The summed E-state index contributed by atoms with van der Waals surface area (Å²) in [5.74, 6) is 0. The van der Waals surface area contributed by atoms with Crippen LogP contribution in [0.25, 0.3) is 0 Å². The number of benzene rings is 1. The van der Waals surface area contributed by atoms with Crippen LogP contribution in [0.1, 0.15) is 44.7 Å². The molecule has 1 atom stereocenters. The zero-order valence-corrected chi connectivity index (χ0v) is 10.9. The summed E-state index contributed by atoms with van der Waals surface area (Å²) in [6.07, 6.45) is 2.48. The SMILES string of the molecule is Cc1cccc(C2(CC(C)(C)C)CCN2)c1. The summed E-state index contributed by atoms with van der Waals surface area (Å²) in [5.41, 5.74) is 3.44. The smallest absolute Gasteiger partial charge is 0.0451 e. The molecule has 1 heteroatoms. The largest absolute Gasteiger partial charge is 0.307 e. The standard InChI is InChI=1S/C15H23N/c1-12-6-5-7-13(10-12)15(8-9-16-15)11-14(2,3)4/h5-7,10,16H,8-9,11H2,1-4H3. The number of nitrogens with one attached hydrogen (secondary N) is 1. The highest BCUT2D eigenvalue weighted by Crippen LogP contribution is 2.41. The van der Waals surface area contributed by atoms with E-state index in [1.165, 1.54) is 24.0 Å². The molecule has 1 heterocycles. The number of aryl methyl sites for hydroxylation is 1. The van der Waals surface area contributed by atoms with Crippen molar-refractivity contribution in [3.05, 3.63) is 35.4 Å². The minimum atomic E-state index is 0.240. The van der Waals surface area contributed by atoms with Crippen LogP contribution in [0.15, 0.2) is 24.3 Å². The molecule has 0 radical (unpaired) electrons. The van der Waals surface area contributed by atoms with Gasteiger partial charge in [-0.2, -0.15) is 0 Å². The van der Waals surface area contributed by atoms with Crippen LogP contribution in [0.4, 0.5) is 0 Å². The van der Waals surface area contributed by atoms with E-state index in [1.807, 2.05) is 0 Å². The summed E-state index contributed by atoms with van der Waals surface area (Å²) in [6, 6.07) is 8.95. The molecule has 0 saturated carbocycles. The minimum absolute atomic E-state index is 0.240. The fourth-order valence-corrected chi connectivity index (χ4v) is 2.77. The van der Waals surface area contributed by atoms with Gasteiger partial charge in [0.15, 0.2) is 0 Å². The Labute approximate surface area is 99.3 Å². The molecule has 1 aromatic carbocycles. The summed E-state index contributed by atoms with van der Waals surface area (Å²) < 4.78 is 0. The van der Waals surface area contributed by atoms with Gasteiger partial charge in [0.05, 0.1) is 0 Å².